The number of benzene rings is 1. The van der Waals surface area contributed by atoms with Crippen molar-refractivity contribution in [1.29, 1.82) is 0 Å². The molecule has 0 atom stereocenters. The highest BCUT2D eigenvalue weighted by Gasteiger charge is 2.10. The molecule has 0 aliphatic heterocycles. The molecule has 3 heteroatoms. The van der Waals surface area contributed by atoms with Crippen LogP contribution < -0.4 is 5.32 Å². The van der Waals surface area contributed by atoms with Crippen molar-refractivity contribution in [3.05, 3.63) is 45.9 Å². The maximum absolute atomic E-state index is 4.26. The lowest BCUT2D eigenvalue weighted by atomic mass is 10.1. The smallest absolute Gasteiger partial charge is 0.112 e. The minimum absolute atomic E-state index is 0.830. The Hall–Kier alpha value is -1.35. The Morgan fingerprint density at radius 1 is 1.25 bits per heavy atom. The molecule has 1 N–H and O–H groups in total. The van der Waals surface area contributed by atoms with Crippen LogP contribution in [-0.4, -0.2) is 4.98 Å². The Kier molecular flexibility index (Phi) is 2.62. The topological polar surface area (TPSA) is 24.9 Å². The number of nitrogens with zero attached hydrogens (tertiary/aromatic N) is 1. The number of hydrogen-bond acceptors (Lipinski definition) is 3. The second-order valence-electron chi connectivity index (χ2n) is 4.12. The predicted molar refractivity (Wildman–Crippen MR) is 67.9 cm³/mol. The quantitative estimate of drug-likeness (QED) is 0.875. The van der Waals surface area contributed by atoms with Gasteiger partial charge in [-0.3, -0.25) is 0 Å². The van der Waals surface area contributed by atoms with Gasteiger partial charge in [-0.15, -0.1) is 11.3 Å². The van der Waals surface area contributed by atoms with Gasteiger partial charge in [-0.25, -0.2) is 4.98 Å². The predicted octanol–water partition coefficient (Wildman–Crippen LogP) is 3.24. The molecule has 82 valence electrons. The third kappa shape index (κ3) is 1.95. The molecule has 16 heavy (non-hydrogen) atoms. The Morgan fingerprint density at radius 3 is 3.06 bits per heavy atom. The Bertz CT molecular complexity index is 477. The highest BCUT2D eigenvalue weighted by molar-refractivity contribution is 7.09. The molecule has 0 saturated carbocycles. The molecule has 2 aromatic rings. The maximum Gasteiger partial charge on any atom is 0.112 e. The number of hydrogen-bond donors (Lipinski definition) is 1. The van der Waals surface area contributed by atoms with Crippen LogP contribution in [-0.2, 0) is 19.4 Å². The van der Waals surface area contributed by atoms with Crippen LogP contribution >= 0.6 is 11.3 Å². The normalized spacial score (nSPS) is 13.8. The molecule has 1 heterocycles. The van der Waals surface area contributed by atoms with Gasteiger partial charge in [-0.2, -0.15) is 0 Å². The molecule has 1 aromatic heterocycles. The second-order valence-corrected chi connectivity index (χ2v) is 5.10. The van der Waals surface area contributed by atoms with Gasteiger partial charge in [0.1, 0.15) is 5.01 Å². The average molecular weight is 230 g/mol. The van der Waals surface area contributed by atoms with Gasteiger partial charge >= 0.3 is 0 Å². The summed E-state index contributed by atoms with van der Waals surface area (Å²) in [5, 5.41) is 6.58. The van der Waals surface area contributed by atoms with Gasteiger partial charge in [-0.05, 0) is 42.5 Å². The van der Waals surface area contributed by atoms with Crippen LogP contribution in [0.1, 0.15) is 22.6 Å². The molecule has 2 nitrogen and oxygen atoms in total. The van der Waals surface area contributed by atoms with E-state index in [9.17, 15) is 0 Å². The molecule has 0 radical (unpaired) electrons. The largest absolute Gasteiger partial charge is 0.379 e. The first-order valence-electron chi connectivity index (χ1n) is 5.66. The SMILES string of the molecule is c1csc(CNc2ccc3c(c2)CCC3)n1. The number of aromatic nitrogens is 1. The van der Waals surface area contributed by atoms with Crippen LogP contribution in [0.25, 0.3) is 0 Å². The highest BCUT2D eigenvalue weighted by atomic mass is 32.1. The standard InChI is InChI=1S/C13H14N2S/c1-2-10-4-5-12(8-11(10)3-1)15-9-13-14-6-7-16-13/h4-8,15H,1-3,9H2. The number of fused-ring (bicyclic) bond motifs is 1. The monoisotopic (exact) mass is 230 g/mol. The van der Waals surface area contributed by atoms with Crippen LogP contribution in [0.5, 0.6) is 0 Å². The minimum atomic E-state index is 0.830. The third-order valence-corrected chi connectivity index (χ3v) is 3.81. The number of rotatable bonds is 3. The first-order chi connectivity index (χ1) is 7.92. The highest BCUT2D eigenvalue weighted by Crippen LogP contribution is 2.25. The summed E-state index contributed by atoms with van der Waals surface area (Å²) in [6.45, 7) is 0.830. The van der Waals surface area contributed by atoms with Gasteiger partial charge < -0.3 is 5.32 Å². The average Bonchev–Trinajstić information content (AvgIpc) is 2.97. The van der Waals surface area contributed by atoms with Crippen molar-refractivity contribution in [2.75, 3.05) is 5.32 Å². The lowest BCUT2D eigenvalue weighted by molar-refractivity contribution is 0.912. The van der Waals surface area contributed by atoms with E-state index >= 15 is 0 Å². The fourth-order valence-electron chi connectivity index (χ4n) is 2.20. The van der Waals surface area contributed by atoms with Crippen molar-refractivity contribution in [3.8, 4) is 0 Å². The third-order valence-electron chi connectivity index (χ3n) is 3.03. The Balaban J connectivity index is 1.71. The van der Waals surface area contributed by atoms with E-state index in [2.05, 4.69) is 28.5 Å². The van der Waals surface area contributed by atoms with E-state index in [4.69, 9.17) is 0 Å². The Morgan fingerprint density at radius 2 is 2.19 bits per heavy atom. The van der Waals surface area contributed by atoms with Crippen LogP contribution in [0.4, 0.5) is 5.69 Å². The van der Waals surface area contributed by atoms with Crippen LogP contribution in [0.15, 0.2) is 29.8 Å². The fraction of sp³-hybridized carbons (Fsp3) is 0.308. The van der Waals surface area contributed by atoms with Gasteiger partial charge in [0.25, 0.3) is 0 Å². The van der Waals surface area contributed by atoms with Crippen LogP contribution in [0, 0.1) is 0 Å². The van der Waals surface area contributed by atoms with Crippen LogP contribution in [0.3, 0.4) is 0 Å². The molecule has 0 saturated heterocycles. The van der Waals surface area contributed by atoms with E-state index in [1.54, 1.807) is 11.3 Å². The van der Waals surface area contributed by atoms with Crippen molar-refractivity contribution >= 4 is 17.0 Å². The first-order valence-corrected chi connectivity index (χ1v) is 6.54. The zero-order chi connectivity index (χ0) is 10.8. The van der Waals surface area contributed by atoms with Gasteiger partial charge in [0.15, 0.2) is 0 Å². The zero-order valence-electron chi connectivity index (χ0n) is 9.07. The van der Waals surface area contributed by atoms with Gasteiger partial charge in [0.05, 0.1) is 6.54 Å². The van der Waals surface area contributed by atoms with Crippen molar-refractivity contribution in [1.82, 2.24) is 4.98 Å². The van der Waals surface area contributed by atoms with E-state index in [-0.39, 0.29) is 0 Å². The van der Waals surface area contributed by atoms with Gasteiger partial charge in [0.2, 0.25) is 0 Å². The van der Waals surface area contributed by atoms with Crippen molar-refractivity contribution in [2.45, 2.75) is 25.8 Å². The lowest BCUT2D eigenvalue weighted by Crippen LogP contribution is -1.99. The molecule has 0 bridgehead atoms. The van der Waals surface area contributed by atoms with Gasteiger partial charge in [0, 0.05) is 17.3 Å². The molecular weight excluding hydrogens is 216 g/mol. The Labute approximate surface area is 99.4 Å². The molecule has 0 spiro atoms. The summed E-state index contributed by atoms with van der Waals surface area (Å²) < 4.78 is 0. The van der Waals surface area contributed by atoms with Crippen molar-refractivity contribution < 1.29 is 0 Å². The van der Waals surface area contributed by atoms with E-state index in [0.717, 1.165) is 11.6 Å². The number of anilines is 1. The van der Waals surface area contributed by atoms with E-state index < -0.39 is 0 Å². The minimum Gasteiger partial charge on any atom is -0.379 e. The summed E-state index contributed by atoms with van der Waals surface area (Å²) in [6, 6.07) is 6.72. The molecule has 1 aliphatic carbocycles. The van der Waals surface area contributed by atoms with Crippen LogP contribution in [0.2, 0.25) is 0 Å². The number of thiazole rings is 1. The van der Waals surface area contributed by atoms with Crippen molar-refractivity contribution in [3.63, 3.8) is 0 Å². The summed E-state index contributed by atoms with van der Waals surface area (Å²) in [6.07, 6.45) is 5.65. The molecule has 0 unspecified atom stereocenters. The fourth-order valence-corrected chi connectivity index (χ4v) is 2.76. The molecule has 1 aromatic carbocycles. The molecular formula is C13H14N2S. The zero-order valence-corrected chi connectivity index (χ0v) is 9.89. The maximum atomic E-state index is 4.26. The molecule has 0 amide bonds. The summed E-state index contributed by atoms with van der Waals surface area (Å²) in [4.78, 5) is 4.26. The van der Waals surface area contributed by atoms with E-state index in [1.807, 2.05) is 11.6 Å². The van der Waals surface area contributed by atoms with Crippen molar-refractivity contribution in [2.24, 2.45) is 0 Å². The van der Waals surface area contributed by atoms with Gasteiger partial charge in [-0.1, -0.05) is 6.07 Å². The lowest BCUT2D eigenvalue weighted by Gasteiger charge is -2.06. The first kappa shape index (κ1) is 9.85. The van der Waals surface area contributed by atoms with E-state index in [0.29, 0.717) is 0 Å². The number of aryl methyl sites for hydroxylation is 2. The summed E-state index contributed by atoms with van der Waals surface area (Å²) >= 11 is 1.69. The summed E-state index contributed by atoms with van der Waals surface area (Å²) in [7, 11) is 0. The number of nitrogens with one attached hydrogen (secondary N) is 1. The van der Waals surface area contributed by atoms with E-state index in [1.165, 1.54) is 36.1 Å². The summed E-state index contributed by atoms with van der Waals surface area (Å²) in [5.74, 6) is 0. The molecule has 3 rings (SSSR count). The molecule has 1 aliphatic rings. The second kappa shape index (κ2) is 4.26. The molecule has 0 fully saturated rings. The summed E-state index contributed by atoms with van der Waals surface area (Å²) in [5.41, 5.74) is 4.26.